The monoisotopic (exact) mass is 642 g/mol. The third-order valence-corrected chi connectivity index (χ3v) is 8.84. The summed E-state index contributed by atoms with van der Waals surface area (Å²) in [5.74, 6) is -1.47. The average molecular weight is 643 g/mol. The number of allylic oxidation sites excluding steroid dienone is 1. The van der Waals surface area contributed by atoms with Gasteiger partial charge in [0.1, 0.15) is 13.2 Å². The second-order valence-corrected chi connectivity index (χ2v) is 12.2. The van der Waals surface area contributed by atoms with E-state index in [1.54, 1.807) is 6.08 Å². The molecule has 48 heavy (non-hydrogen) atoms. The molecule has 0 aromatic heterocycles. The summed E-state index contributed by atoms with van der Waals surface area (Å²) in [7, 11) is 0. The first kappa shape index (κ1) is 32.4. The maximum Gasteiger partial charge on any atom is 0.417 e. The number of amides is 4. The van der Waals surface area contributed by atoms with Gasteiger partial charge in [0.25, 0.3) is 5.91 Å². The Kier molecular flexibility index (Phi) is 10.4. The van der Waals surface area contributed by atoms with E-state index in [-0.39, 0.29) is 32.0 Å². The lowest BCUT2D eigenvalue weighted by molar-refractivity contribution is -0.133. The van der Waals surface area contributed by atoms with E-state index in [2.05, 4.69) is 0 Å². The highest BCUT2D eigenvalue weighted by molar-refractivity contribution is 6.04. The number of hydrogen-bond acceptors (Lipinski definition) is 6. The van der Waals surface area contributed by atoms with Gasteiger partial charge in [0, 0.05) is 17.9 Å². The molecule has 8 heteroatoms. The smallest absolute Gasteiger partial charge is 0.417 e. The third-order valence-electron chi connectivity index (χ3n) is 8.84. The minimum Gasteiger partial charge on any atom is -0.447 e. The third kappa shape index (κ3) is 7.89. The molecular weight excluding hydrogens is 604 g/mol. The fourth-order valence-corrected chi connectivity index (χ4v) is 6.37. The molecule has 0 radical (unpaired) electrons. The Labute approximate surface area is 280 Å². The van der Waals surface area contributed by atoms with Gasteiger partial charge in [-0.15, -0.1) is 0 Å². The van der Waals surface area contributed by atoms with Gasteiger partial charge in [0.05, 0.1) is 12.1 Å². The van der Waals surface area contributed by atoms with Crippen LogP contribution in [-0.4, -0.2) is 59.1 Å². The molecule has 8 nitrogen and oxygen atoms in total. The Morgan fingerprint density at radius 1 is 0.625 bits per heavy atom. The highest BCUT2D eigenvalue weighted by Gasteiger charge is 2.42. The number of cyclic esters (lactones) is 2. The zero-order valence-electron chi connectivity index (χ0n) is 26.7. The number of carbonyl (C=O) groups excluding carboxylic acids is 4. The van der Waals surface area contributed by atoms with Gasteiger partial charge in [-0.2, -0.15) is 0 Å². The van der Waals surface area contributed by atoms with Crippen LogP contribution in [0.1, 0.15) is 28.7 Å². The van der Waals surface area contributed by atoms with Crippen LogP contribution in [0.15, 0.2) is 133 Å². The van der Waals surface area contributed by atoms with Crippen molar-refractivity contribution < 1.29 is 28.7 Å². The van der Waals surface area contributed by atoms with Crippen molar-refractivity contribution in [2.75, 3.05) is 13.2 Å². The van der Waals surface area contributed by atoms with E-state index in [0.717, 1.165) is 22.3 Å². The van der Waals surface area contributed by atoms with Crippen molar-refractivity contribution >= 4 is 24.0 Å². The molecule has 2 saturated heterocycles. The van der Waals surface area contributed by atoms with Gasteiger partial charge in [-0.3, -0.25) is 9.59 Å². The zero-order valence-corrected chi connectivity index (χ0v) is 26.7. The van der Waals surface area contributed by atoms with Gasteiger partial charge in [-0.05, 0) is 47.9 Å². The van der Waals surface area contributed by atoms with Crippen LogP contribution in [-0.2, 0) is 44.7 Å². The number of rotatable bonds is 12. The molecular formula is C40H38N2O6. The summed E-state index contributed by atoms with van der Waals surface area (Å²) in [5, 5.41) is 0. The fourth-order valence-electron chi connectivity index (χ4n) is 6.37. The molecule has 6 rings (SSSR count). The Balaban J connectivity index is 1.30. The van der Waals surface area contributed by atoms with Crippen LogP contribution in [0.4, 0.5) is 9.59 Å². The van der Waals surface area contributed by atoms with Crippen molar-refractivity contribution in [3.8, 4) is 0 Å². The van der Waals surface area contributed by atoms with Crippen LogP contribution in [0.5, 0.6) is 0 Å². The van der Waals surface area contributed by atoms with Gasteiger partial charge in [0.2, 0.25) is 5.91 Å². The zero-order chi connectivity index (χ0) is 33.3. The van der Waals surface area contributed by atoms with Crippen LogP contribution in [0.25, 0.3) is 0 Å². The van der Waals surface area contributed by atoms with Crippen LogP contribution in [0, 0.1) is 5.92 Å². The van der Waals surface area contributed by atoms with Crippen molar-refractivity contribution in [2.45, 2.75) is 44.2 Å². The predicted molar refractivity (Wildman–Crippen MR) is 181 cm³/mol. The lowest BCUT2D eigenvalue weighted by Gasteiger charge is -2.25. The highest BCUT2D eigenvalue weighted by atomic mass is 16.6. The van der Waals surface area contributed by atoms with Crippen LogP contribution >= 0.6 is 0 Å². The lowest BCUT2D eigenvalue weighted by atomic mass is 9.91. The molecule has 0 N–H and O–H groups in total. The first-order chi connectivity index (χ1) is 23.5. The molecule has 244 valence electrons. The molecule has 2 aliphatic rings. The molecule has 1 unspecified atom stereocenters. The van der Waals surface area contributed by atoms with E-state index in [4.69, 9.17) is 9.47 Å². The van der Waals surface area contributed by atoms with Crippen LogP contribution < -0.4 is 0 Å². The molecule has 2 aliphatic heterocycles. The second-order valence-electron chi connectivity index (χ2n) is 12.2. The van der Waals surface area contributed by atoms with E-state index in [0.29, 0.717) is 24.8 Å². The largest absolute Gasteiger partial charge is 0.447 e. The quantitative estimate of drug-likeness (QED) is 0.162. The van der Waals surface area contributed by atoms with E-state index in [1.807, 2.05) is 121 Å². The predicted octanol–water partition coefficient (Wildman–Crippen LogP) is 6.58. The van der Waals surface area contributed by atoms with Crippen molar-refractivity contribution in [1.82, 2.24) is 9.80 Å². The summed E-state index contributed by atoms with van der Waals surface area (Å²) in [6, 6.07) is 37.6. The van der Waals surface area contributed by atoms with Crippen molar-refractivity contribution in [2.24, 2.45) is 5.92 Å². The van der Waals surface area contributed by atoms with Crippen molar-refractivity contribution in [1.29, 1.82) is 0 Å². The molecule has 0 saturated carbocycles. The van der Waals surface area contributed by atoms with E-state index < -0.39 is 36.1 Å². The minimum absolute atomic E-state index is 0.104. The maximum atomic E-state index is 14.3. The SMILES string of the molecule is O=C1OC[C@H](Cc2ccccc2)N1C(=O)C(=CCC(Cc1ccccc1)C(=O)N1C(=O)OC[C@@H]1Cc1ccccc1)Cc1ccccc1. The van der Waals surface area contributed by atoms with Crippen molar-refractivity contribution in [3.05, 3.63) is 155 Å². The molecule has 2 heterocycles. The molecule has 0 bridgehead atoms. The molecule has 0 spiro atoms. The number of carbonyl (C=O) groups is 4. The first-order valence-corrected chi connectivity index (χ1v) is 16.3. The average Bonchev–Trinajstić information content (AvgIpc) is 3.67. The normalized spacial score (nSPS) is 18.4. The second kappa shape index (κ2) is 15.4. The van der Waals surface area contributed by atoms with Gasteiger partial charge in [-0.1, -0.05) is 127 Å². The lowest BCUT2D eigenvalue weighted by Crippen LogP contribution is -2.44. The van der Waals surface area contributed by atoms with E-state index >= 15 is 0 Å². The summed E-state index contributed by atoms with van der Waals surface area (Å²) < 4.78 is 10.8. The van der Waals surface area contributed by atoms with Crippen LogP contribution in [0.3, 0.4) is 0 Å². The Hall–Kier alpha value is -5.50. The molecule has 3 atom stereocenters. The van der Waals surface area contributed by atoms with Gasteiger partial charge in [0.15, 0.2) is 0 Å². The molecule has 0 aliphatic carbocycles. The maximum absolute atomic E-state index is 14.3. The van der Waals surface area contributed by atoms with E-state index in [1.165, 1.54) is 9.80 Å². The Bertz CT molecular complexity index is 1740. The van der Waals surface area contributed by atoms with Gasteiger partial charge >= 0.3 is 12.2 Å². The summed E-state index contributed by atoms with van der Waals surface area (Å²) in [6.07, 6.45) is 2.15. The summed E-state index contributed by atoms with van der Waals surface area (Å²) in [6.45, 7) is 0.220. The molecule has 4 amide bonds. The summed E-state index contributed by atoms with van der Waals surface area (Å²) >= 11 is 0. The topological polar surface area (TPSA) is 93.2 Å². The van der Waals surface area contributed by atoms with E-state index in [9.17, 15) is 19.2 Å². The standard InChI is InChI=1S/C40H38N2O6/c43-37(41-35(27-47-39(41)45)25-31-17-9-3-10-18-31)33(23-29-13-5-1-6-14-29)21-22-34(24-30-15-7-2-8-16-30)38(44)42-36(28-48-40(42)46)26-32-19-11-4-12-20-32/h1-21,34-36H,22-28H2/t34?,35-,36-/m0/s1. The van der Waals surface area contributed by atoms with Crippen molar-refractivity contribution in [3.63, 3.8) is 0 Å². The number of ether oxygens (including phenoxy) is 2. The number of hydrogen-bond donors (Lipinski definition) is 0. The number of nitrogens with zero attached hydrogens (tertiary/aromatic N) is 2. The molecule has 2 fully saturated rings. The summed E-state index contributed by atoms with van der Waals surface area (Å²) in [5.41, 5.74) is 4.19. The van der Waals surface area contributed by atoms with Gasteiger partial charge in [-0.25, -0.2) is 19.4 Å². The first-order valence-electron chi connectivity index (χ1n) is 16.3. The molecule has 4 aromatic carbocycles. The Morgan fingerprint density at radius 3 is 1.58 bits per heavy atom. The van der Waals surface area contributed by atoms with Crippen LogP contribution in [0.2, 0.25) is 0 Å². The number of benzene rings is 4. The minimum atomic E-state index is -0.680. The van der Waals surface area contributed by atoms with Gasteiger partial charge < -0.3 is 9.47 Å². The highest BCUT2D eigenvalue weighted by Crippen LogP contribution is 2.27. The number of imide groups is 2. The molecule has 4 aromatic rings. The fraction of sp³-hybridized carbons (Fsp3) is 0.250. The Morgan fingerprint density at radius 2 is 1.06 bits per heavy atom. The summed E-state index contributed by atoms with van der Waals surface area (Å²) in [4.78, 5) is 57.0.